The lowest BCUT2D eigenvalue weighted by Crippen LogP contribution is -2.11. The third-order valence-corrected chi connectivity index (χ3v) is 5.41. The van der Waals surface area contributed by atoms with Crippen molar-refractivity contribution in [2.45, 2.75) is 36.3 Å². The van der Waals surface area contributed by atoms with Crippen LogP contribution in [0.3, 0.4) is 0 Å². The van der Waals surface area contributed by atoms with Crippen LogP contribution in [0.15, 0.2) is 47.5 Å². The molecule has 3 rings (SSSR count). The van der Waals surface area contributed by atoms with Gasteiger partial charge in [-0.15, -0.1) is 0 Å². The fourth-order valence-corrected chi connectivity index (χ4v) is 3.47. The summed E-state index contributed by atoms with van der Waals surface area (Å²) >= 11 is 0. The van der Waals surface area contributed by atoms with Crippen LogP contribution in [0, 0.1) is 5.92 Å². The molecular formula is C17H17F3N2O2S. The highest BCUT2D eigenvalue weighted by Gasteiger charge is 2.37. The van der Waals surface area contributed by atoms with Crippen molar-refractivity contribution < 1.29 is 21.6 Å². The van der Waals surface area contributed by atoms with E-state index in [0.29, 0.717) is 24.0 Å². The number of aromatic nitrogens is 1. The summed E-state index contributed by atoms with van der Waals surface area (Å²) in [5, 5.41) is 5.07. The number of sulfonamides is 1. The predicted octanol–water partition coefficient (Wildman–Crippen LogP) is 3.48. The van der Waals surface area contributed by atoms with E-state index in [0.717, 1.165) is 30.7 Å². The minimum Gasteiger partial charge on any atom is -0.261 e. The van der Waals surface area contributed by atoms with Crippen LogP contribution in [0.4, 0.5) is 13.2 Å². The van der Waals surface area contributed by atoms with Gasteiger partial charge < -0.3 is 0 Å². The molecule has 1 aromatic carbocycles. The molecule has 0 aliphatic heterocycles. The van der Waals surface area contributed by atoms with Gasteiger partial charge in [0.25, 0.3) is 0 Å². The standard InChI is InChI=1S/C17H17F3N2O2S/c18-17(19,20)13-4-6-14(22-10-13)5-1-12-9-16(12)11-2-7-15(8-3-11)25(21,23)24/h2-4,6-8,10,12,16H,1,5,9H2,(H2,21,23,24)/t12-,16+/m0/s1. The molecule has 0 saturated heterocycles. The molecule has 0 unspecified atom stereocenters. The summed E-state index contributed by atoms with van der Waals surface area (Å²) < 4.78 is 60.0. The molecule has 1 aliphatic rings. The number of nitrogens with zero attached hydrogens (tertiary/aromatic N) is 1. The predicted molar refractivity (Wildman–Crippen MR) is 86.2 cm³/mol. The van der Waals surface area contributed by atoms with E-state index in [-0.39, 0.29) is 4.90 Å². The second kappa shape index (κ2) is 6.42. The molecule has 0 spiro atoms. The number of benzene rings is 1. The number of hydrogen-bond acceptors (Lipinski definition) is 3. The maximum Gasteiger partial charge on any atom is 0.417 e. The average molecular weight is 370 g/mol. The van der Waals surface area contributed by atoms with Crippen LogP contribution in [0.2, 0.25) is 0 Å². The van der Waals surface area contributed by atoms with Crippen molar-refractivity contribution in [1.82, 2.24) is 4.98 Å². The Kier molecular flexibility index (Phi) is 4.59. The molecule has 0 bridgehead atoms. The van der Waals surface area contributed by atoms with Gasteiger partial charge in [-0.05, 0) is 60.9 Å². The van der Waals surface area contributed by atoms with E-state index in [2.05, 4.69) is 4.98 Å². The zero-order chi connectivity index (χ0) is 18.2. The maximum absolute atomic E-state index is 12.5. The SMILES string of the molecule is NS(=O)(=O)c1ccc([C@H]2C[C@@H]2CCc2ccc(C(F)(F)F)cn2)cc1. The first-order valence-electron chi connectivity index (χ1n) is 7.79. The van der Waals surface area contributed by atoms with Gasteiger partial charge in [-0.1, -0.05) is 12.1 Å². The number of nitrogens with two attached hydrogens (primary N) is 1. The molecule has 1 aliphatic carbocycles. The molecule has 2 atom stereocenters. The van der Waals surface area contributed by atoms with E-state index < -0.39 is 21.8 Å². The topological polar surface area (TPSA) is 73.1 Å². The normalized spacial score (nSPS) is 20.5. The first-order chi connectivity index (χ1) is 11.6. The Labute approximate surface area is 143 Å². The van der Waals surface area contributed by atoms with Crippen molar-refractivity contribution in [3.05, 3.63) is 59.4 Å². The Hall–Kier alpha value is -1.93. The summed E-state index contributed by atoms with van der Waals surface area (Å²) in [4.78, 5) is 3.97. The second-order valence-corrected chi connectivity index (χ2v) is 7.85. The van der Waals surface area contributed by atoms with Crippen LogP contribution < -0.4 is 5.14 Å². The fourth-order valence-electron chi connectivity index (χ4n) is 2.95. The Balaban J connectivity index is 1.55. The molecule has 4 nitrogen and oxygen atoms in total. The van der Waals surface area contributed by atoms with Crippen molar-refractivity contribution in [2.75, 3.05) is 0 Å². The van der Waals surface area contributed by atoms with Crippen molar-refractivity contribution in [1.29, 1.82) is 0 Å². The van der Waals surface area contributed by atoms with E-state index in [1.807, 2.05) is 0 Å². The van der Waals surface area contributed by atoms with Gasteiger partial charge in [0.15, 0.2) is 0 Å². The highest BCUT2D eigenvalue weighted by molar-refractivity contribution is 7.89. The minimum absolute atomic E-state index is 0.0856. The number of halogens is 3. The van der Waals surface area contributed by atoms with E-state index in [1.165, 1.54) is 18.2 Å². The van der Waals surface area contributed by atoms with Crippen molar-refractivity contribution in [3.8, 4) is 0 Å². The maximum atomic E-state index is 12.5. The second-order valence-electron chi connectivity index (χ2n) is 6.29. The number of hydrogen-bond donors (Lipinski definition) is 1. The fraction of sp³-hybridized carbons (Fsp3) is 0.353. The number of aryl methyl sites for hydroxylation is 1. The molecule has 0 radical (unpaired) electrons. The van der Waals surface area contributed by atoms with Crippen LogP contribution in [-0.4, -0.2) is 13.4 Å². The Morgan fingerprint density at radius 2 is 1.80 bits per heavy atom. The molecular weight excluding hydrogens is 353 g/mol. The highest BCUT2D eigenvalue weighted by atomic mass is 32.2. The Morgan fingerprint density at radius 1 is 1.12 bits per heavy atom. The van der Waals surface area contributed by atoms with Crippen LogP contribution in [0.5, 0.6) is 0 Å². The summed E-state index contributed by atoms with van der Waals surface area (Å²) in [7, 11) is -3.69. The minimum atomic E-state index is -4.36. The van der Waals surface area contributed by atoms with Gasteiger partial charge in [0.1, 0.15) is 0 Å². The summed E-state index contributed by atoms with van der Waals surface area (Å²) in [5.41, 5.74) is 0.955. The number of pyridine rings is 1. The molecule has 134 valence electrons. The summed E-state index contributed by atoms with van der Waals surface area (Å²) in [6, 6.07) is 9.00. The van der Waals surface area contributed by atoms with Gasteiger partial charge in [0.2, 0.25) is 10.0 Å². The lowest BCUT2D eigenvalue weighted by atomic mass is 10.1. The average Bonchev–Trinajstić information content (AvgIpc) is 3.31. The number of primary sulfonamides is 1. The van der Waals surface area contributed by atoms with Crippen LogP contribution in [0.1, 0.15) is 35.6 Å². The van der Waals surface area contributed by atoms with Gasteiger partial charge in [0.05, 0.1) is 10.5 Å². The highest BCUT2D eigenvalue weighted by Crippen LogP contribution is 2.50. The molecule has 1 aromatic heterocycles. The van der Waals surface area contributed by atoms with Crippen LogP contribution in [0.25, 0.3) is 0 Å². The van der Waals surface area contributed by atoms with E-state index in [4.69, 9.17) is 5.14 Å². The lowest BCUT2D eigenvalue weighted by molar-refractivity contribution is -0.137. The van der Waals surface area contributed by atoms with Crippen LogP contribution in [-0.2, 0) is 22.6 Å². The molecule has 2 aromatic rings. The quantitative estimate of drug-likeness (QED) is 0.876. The van der Waals surface area contributed by atoms with Gasteiger partial charge in [0, 0.05) is 11.9 Å². The van der Waals surface area contributed by atoms with E-state index in [1.54, 1.807) is 12.1 Å². The Morgan fingerprint density at radius 3 is 2.32 bits per heavy atom. The van der Waals surface area contributed by atoms with Crippen molar-refractivity contribution in [3.63, 3.8) is 0 Å². The van der Waals surface area contributed by atoms with E-state index in [9.17, 15) is 21.6 Å². The molecule has 2 N–H and O–H groups in total. The third-order valence-electron chi connectivity index (χ3n) is 4.48. The molecule has 25 heavy (non-hydrogen) atoms. The van der Waals surface area contributed by atoms with Crippen LogP contribution >= 0.6 is 0 Å². The van der Waals surface area contributed by atoms with Gasteiger partial charge in [-0.25, -0.2) is 13.6 Å². The zero-order valence-electron chi connectivity index (χ0n) is 13.2. The number of alkyl halides is 3. The monoisotopic (exact) mass is 370 g/mol. The molecule has 1 fully saturated rings. The molecule has 1 heterocycles. The Bertz CT molecular complexity index is 847. The van der Waals surface area contributed by atoms with Crippen molar-refractivity contribution in [2.24, 2.45) is 11.1 Å². The lowest BCUT2D eigenvalue weighted by Gasteiger charge is -2.07. The molecule has 8 heteroatoms. The third kappa shape index (κ3) is 4.38. The van der Waals surface area contributed by atoms with Gasteiger partial charge in [-0.3, -0.25) is 4.98 Å². The van der Waals surface area contributed by atoms with Gasteiger partial charge >= 0.3 is 6.18 Å². The first-order valence-corrected chi connectivity index (χ1v) is 9.34. The molecule has 0 amide bonds. The summed E-state index contributed by atoms with van der Waals surface area (Å²) in [6.07, 6.45) is -1.06. The van der Waals surface area contributed by atoms with E-state index >= 15 is 0 Å². The largest absolute Gasteiger partial charge is 0.417 e. The van der Waals surface area contributed by atoms with Gasteiger partial charge in [-0.2, -0.15) is 13.2 Å². The summed E-state index contributed by atoms with van der Waals surface area (Å²) in [6.45, 7) is 0. The summed E-state index contributed by atoms with van der Waals surface area (Å²) in [5.74, 6) is 0.786. The molecule has 1 saturated carbocycles. The first kappa shape index (κ1) is 17.9. The number of rotatable bonds is 5. The smallest absolute Gasteiger partial charge is 0.261 e. The van der Waals surface area contributed by atoms with Crippen molar-refractivity contribution >= 4 is 10.0 Å². The zero-order valence-corrected chi connectivity index (χ0v) is 14.0.